The third-order valence-electron chi connectivity index (χ3n) is 3.93. The molecular formula is C13H17F3N2O. The summed E-state index contributed by atoms with van der Waals surface area (Å²) >= 11 is 0. The number of hydrogen-bond acceptors (Lipinski definition) is 2. The molecule has 0 N–H and O–H groups in total. The van der Waals surface area contributed by atoms with Crippen LogP contribution in [0.2, 0.25) is 0 Å². The van der Waals surface area contributed by atoms with Gasteiger partial charge >= 0.3 is 6.18 Å². The molecule has 2 fully saturated rings. The van der Waals surface area contributed by atoms with E-state index in [1.54, 1.807) is 0 Å². The van der Waals surface area contributed by atoms with Crippen LogP contribution < -0.4 is 0 Å². The van der Waals surface area contributed by atoms with Gasteiger partial charge in [0.1, 0.15) is 12.0 Å². The Morgan fingerprint density at radius 3 is 2.26 bits per heavy atom. The molecule has 0 aromatic rings. The van der Waals surface area contributed by atoms with E-state index in [0.717, 1.165) is 24.2 Å². The minimum absolute atomic E-state index is 0.318. The molecule has 6 heteroatoms. The zero-order valence-corrected chi connectivity index (χ0v) is 10.7. The number of hydrogen-bond donors (Lipinski definition) is 0. The largest absolute Gasteiger partial charge is 0.406 e. The van der Waals surface area contributed by atoms with E-state index in [1.165, 1.54) is 0 Å². The molecule has 0 unspecified atom stereocenters. The molecule has 0 saturated heterocycles. The van der Waals surface area contributed by atoms with Crippen molar-refractivity contribution in [1.82, 2.24) is 4.90 Å². The van der Waals surface area contributed by atoms with Crippen molar-refractivity contribution in [2.24, 2.45) is 5.41 Å². The SMILES string of the molecule is N#CC1(C(=O)N(CC(F)(F)F)C2CC2)CCCCC1. The zero-order chi connectivity index (χ0) is 14.1. The molecule has 0 aliphatic heterocycles. The highest BCUT2D eigenvalue weighted by Gasteiger charge is 2.49. The average molecular weight is 274 g/mol. The fourth-order valence-electron chi connectivity index (χ4n) is 2.75. The van der Waals surface area contributed by atoms with Gasteiger partial charge in [0, 0.05) is 6.04 Å². The van der Waals surface area contributed by atoms with Gasteiger partial charge in [-0.25, -0.2) is 0 Å². The maximum absolute atomic E-state index is 12.6. The van der Waals surface area contributed by atoms with E-state index in [0.29, 0.717) is 25.7 Å². The molecular weight excluding hydrogens is 257 g/mol. The maximum atomic E-state index is 12.6. The maximum Gasteiger partial charge on any atom is 0.406 e. The fourth-order valence-corrected chi connectivity index (χ4v) is 2.75. The minimum Gasteiger partial charge on any atom is -0.329 e. The first-order valence-electron chi connectivity index (χ1n) is 6.67. The number of alkyl halides is 3. The van der Waals surface area contributed by atoms with Crippen LogP contribution in [-0.2, 0) is 4.79 Å². The van der Waals surface area contributed by atoms with Gasteiger partial charge in [0.05, 0.1) is 6.07 Å². The van der Waals surface area contributed by atoms with Crippen LogP contribution in [0.1, 0.15) is 44.9 Å². The molecule has 2 saturated carbocycles. The van der Waals surface area contributed by atoms with Gasteiger partial charge in [-0.2, -0.15) is 18.4 Å². The molecule has 0 aromatic heterocycles. The summed E-state index contributed by atoms with van der Waals surface area (Å²) < 4.78 is 37.7. The van der Waals surface area contributed by atoms with Gasteiger partial charge in [-0.3, -0.25) is 4.79 Å². The van der Waals surface area contributed by atoms with E-state index in [9.17, 15) is 23.2 Å². The van der Waals surface area contributed by atoms with Gasteiger partial charge in [0.15, 0.2) is 0 Å². The molecule has 2 aliphatic rings. The topological polar surface area (TPSA) is 44.1 Å². The van der Waals surface area contributed by atoms with Crippen LogP contribution >= 0.6 is 0 Å². The smallest absolute Gasteiger partial charge is 0.329 e. The molecule has 19 heavy (non-hydrogen) atoms. The lowest BCUT2D eigenvalue weighted by molar-refractivity contribution is -0.168. The Morgan fingerprint density at radius 1 is 1.26 bits per heavy atom. The molecule has 1 amide bonds. The molecule has 3 nitrogen and oxygen atoms in total. The number of carbonyl (C=O) groups excluding carboxylic acids is 1. The van der Waals surface area contributed by atoms with E-state index in [1.807, 2.05) is 6.07 Å². The Hall–Kier alpha value is -1.25. The molecule has 0 bridgehead atoms. The highest BCUT2D eigenvalue weighted by atomic mass is 19.4. The predicted molar refractivity (Wildman–Crippen MR) is 61.9 cm³/mol. The van der Waals surface area contributed by atoms with E-state index in [2.05, 4.69) is 0 Å². The standard InChI is InChI=1S/C13H17F3N2O/c14-13(15,16)9-18(10-4-5-10)11(19)12(8-17)6-2-1-3-7-12/h10H,1-7,9H2. The number of amides is 1. The van der Waals surface area contributed by atoms with Gasteiger partial charge in [-0.15, -0.1) is 0 Å². The Morgan fingerprint density at radius 2 is 1.84 bits per heavy atom. The van der Waals surface area contributed by atoms with Crippen LogP contribution in [0.3, 0.4) is 0 Å². The van der Waals surface area contributed by atoms with Crippen LogP contribution in [0.5, 0.6) is 0 Å². The zero-order valence-electron chi connectivity index (χ0n) is 10.7. The van der Waals surface area contributed by atoms with E-state index in [4.69, 9.17) is 0 Å². The molecule has 0 heterocycles. The van der Waals surface area contributed by atoms with Crippen molar-refractivity contribution >= 4 is 5.91 Å². The lowest BCUT2D eigenvalue weighted by Crippen LogP contribution is -2.49. The quantitative estimate of drug-likeness (QED) is 0.794. The Balaban J connectivity index is 2.16. The van der Waals surface area contributed by atoms with E-state index >= 15 is 0 Å². The van der Waals surface area contributed by atoms with Crippen LogP contribution in [-0.4, -0.2) is 29.6 Å². The van der Waals surface area contributed by atoms with Gasteiger partial charge in [-0.05, 0) is 25.7 Å². The fraction of sp³-hybridized carbons (Fsp3) is 0.846. The van der Waals surface area contributed by atoms with Crippen LogP contribution in [0.25, 0.3) is 0 Å². The van der Waals surface area contributed by atoms with Gasteiger partial charge in [-0.1, -0.05) is 19.3 Å². The molecule has 0 aromatic carbocycles. The lowest BCUT2D eigenvalue weighted by atomic mass is 9.74. The summed E-state index contributed by atoms with van der Waals surface area (Å²) in [7, 11) is 0. The summed E-state index contributed by atoms with van der Waals surface area (Å²) in [4.78, 5) is 13.3. The minimum atomic E-state index is -4.40. The summed E-state index contributed by atoms with van der Waals surface area (Å²) in [6.07, 6.45) is 0.0378. The molecule has 0 spiro atoms. The van der Waals surface area contributed by atoms with E-state index < -0.39 is 24.0 Å². The van der Waals surface area contributed by atoms with Gasteiger partial charge in [0.25, 0.3) is 0 Å². The number of carbonyl (C=O) groups is 1. The Kier molecular flexibility index (Phi) is 3.75. The van der Waals surface area contributed by atoms with Crippen molar-refractivity contribution < 1.29 is 18.0 Å². The highest BCUT2D eigenvalue weighted by Crippen LogP contribution is 2.41. The first-order chi connectivity index (χ1) is 8.88. The summed E-state index contributed by atoms with van der Waals surface area (Å²) in [5.41, 5.74) is -1.22. The third-order valence-corrected chi connectivity index (χ3v) is 3.93. The number of nitrogens with zero attached hydrogens (tertiary/aromatic N) is 2. The van der Waals surface area contributed by atoms with Gasteiger partial charge < -0.3 is 4.90 Å². The lowest BCUT2D eigenvalue weighted by Gasteiger charge is -2.35. The second kappa shape index (κ2) is 5.03. The summed E-state index contributed by atoms with van der Waals surface area (Å²) in [5.74, 6) is -0.602. The normalized spacial score (nSPS) is 22.6. The number of halogens is 3. The number of nitriles is 1. The average Bonchev–Trinajstić information content (AvgIpc) is 3.19. The molecule has 106 valence electrons. The van der Waals surface area contributed by atoms with Gasteiger partial charge in [0.2, 0.25) is 5.91 Å². The second-order valence-corrected chi connectivity index (χ2v) is 5.53. The molecule has 0 radical (unpaired) electrons. The first kappa shape index (κ1) is 14.2. The molecule has 0 atom stereocenters. The summed E-state index contributed by atoms with van der Waals surface area (Å²) in [6, 6.07) is 1.69. The highest BCUT2D eigenvalue weighted by molar-refractivity contribution is 5.86. The Labute approximate surface area is 110 Å². The predicted octanol–water partition coefficient (Wildman–Crippen LogP) is 3.01. The number of rotatable bonds is 3. The van der Waals surface area contributed by atoms with Crippen molar-refractivity contribution in [3.8, 4) is 6.07 Å². The van der Waals surface area contributed by atoms with Crippen molar-refractivity contribution in [3.05, 3.63) is 0 Å². The van der Waals surface area contributed by atoms with Crippen LogP contribution in [0.4, 0.5) is 13.2 Å². The van der Waals surface area contributed by atoms with Crippen LogP contribution in [0, 0.1) is 16.7 Å². The van der Waals surface area contributed by atoms with Crippen molar-refractivity contribution in [2.75, 3.05) is 6.54 Å². The summed E-state index contributed by atoms with van der Waals surface area (Å²) in [5, 5.41) is 9.28. The van der Waals surface area contributed by atoms with Crippen molar-refractivity contribution in [2.45, 2.75) is 57.2 Å². The van der Waals surface area contributed by atoms with Crippen molar-refractivity contribution in [3.63, 3.8) is 0 Å². The van der Waals surface area contributed by atoms with Crippen molar-refractivity contribution in [1.29, 1.82) is 5.26 Å². The molecule has 2 aliphatic carbocycles. The Bertz CT molecular complexity index is 390. The first-order valence-corrected chi connectivity index (χ1v) is 6.67. The van der Waals surface area contributed by atoms with Crippen LogP contribution in [0.15, 0.2) is 0 Å². The monoisotopic (exact) mass is 274 g/mol. The second-order valence-electron chi connectivity index (χ2n) is 5.53. The molecule has 2 rings (SSSR count). The van der Waals surface area contributed by atoms with E-state index in [-0.39, 0.29) is 6.04 Å². The summed E-state index contributed by atoms with van der Waals surface area (Å²) in [6.45, 7) is -1.22. The third kappa shape index (κ3) is 3.20.